The van der Waals surface area contributed by atoms with Crippen LogP contribution in [0.25, 0.3) is 10.2 Å². The van der Waals surface area contributed by atoms with E-state index in [1.807, 2.05) is 12.1 Å². The van der Waals surface area contributed by atoms with Crippen molar-refractivity contribution in [2.45, 2.75) is 45.1 Å². The first-order valence-electron chi connectivity index (χ1n) is 10.9. The van der Waals surface area contributed by atoms with Gasteiger partial charge in [-0.2, -0.15) is 0 Å². The van der Waals surface area contributed by atoms with E-state index < -0.39 is 0 Å². The van der Waals surface area contributed by atoms with Crippen LogP contribution in [0.2, 0.25) is 0 Å². The van der Waals surface area contributed by atoms with Gasteiger partial charge in [-0.1, -0.05) is 31.1 Å². The topological polar surface area (TPSA) is 51.7 Å². The van der Waals surface area contributed by atoms with E-state index in [1.165, 1.54) is 23.5 Å². The lowest BCUT2D eigenvalue weighted by atomic mass is 10.1. The molecule has 0 N–H and O–H groups in total. The van der Waals surface area contributed by atoms with Crippen molar-refractivity contribution in [1.82, 2.24) is 4.98 Å². The number of halogens is 1. The molecule has 5 nitrogen and oxygen atoms in total. The normalized spacial score (nSPS) is 16.0. The second-order valence-electron chi connectivity index (χ2n) is 7.74. The molecule has 0 aliphatic carbocycles. The van der Waals surface area contributed by atoms with E-state index in [0.29, 0.717) is 36.0 Å². The lowest BCUT2D eigenvalue weighted by molar-refractivity contribution is 0.0917. The van der Waals surface area contributed by atoms with Gasteiger partial charge in [-0.05, 0) is 61.7 Å². The maximum atomic E-state index is 13.6. The number of carbonyl (C=O) groups excluding carboxylic acids is 1. The predicted molar refractivity (Wildman–Crippen MR) is 122 cm³/mol. The highest BCUT2D eigenvalue weighted by atomic mass is 32.1. The fourth-order valence-corrected chi connectivity index (χ4v) is 4.63. The van der Waals surface area contributed by atoms with E-state index >= 15 is 0 Å². The van der Waals surface area contributed by atoms with Crippen LogP contribution in [-0.4, -0.2) is 36.8 Å². The summed E-state index contributed by atoms with van der Waals surface area (Å²) < 4.78 is 25.9. The summed E-state index contributed by atoms with van der Waals surface area (Å²) in [6, 6.07) is 11.7. The molecule has 1 saturated heterocycles. The number of rotatable bonds is 9. The molecule has 1 unspecified atom stereocenters. The van der Waals surface area contributed by atoms with Gasteiger partial charge in [0, 0.05) is 12.2 Å². The third-order valence-electron chi connectivity index (χ3n) is 5.34. The third-order valence-corrected chi connectivity index (χ3v) is 6.38. The van der Waals surface area contributed by atoms with Crippen molar-refractivity contribution in [3.8, 4) is 5.75 Å². The molecule has 4 rings (SSSR count). The Morgan fingerprint density at radius 2 is 2.10 bits per heavy atom. The number of amides is 1. The summed E-state index contributed by atoms with van der Waals surface area (Å²) >= 11 is 1.32. The summed E-state index contributed by atoms with van der Waals surface area (Å²) in [5.74, 6) is 0.301. The minimum absolute atomic E-state index is 0.0196. The van der Waals surface area contributed by atoms with Crippen molar-refractivity contribution in [1.29, 1.82) is 0 Å². The van der Waals surface area contributed by atoms with Crippen LogP contribution in [0.3, 0.4) is 0 Å². The Balaban J connectivity index is 1.54. The lowest BCUT2D eigenvalue weighted by Gasteiger charge is -2.23. The summed E-state index contributed by atoms with van der Waals surface area (Å²) in [6.07, 6.45) is 5.19. The van der Waals surface area contributed by atoms with Crippen LogP contribution in [0.15, 0.2) is 42.5 Å². The summed E-state index contributed by atoms with van der Waals surface area (Å²) in [4.78, 5) is 19.7. The molecule has 0 radical (unpaired) electrons. The minimum atomic E-state index is -0.311. The van der Waals surface area contributed by atoms with E-state index in [2.05, 4.69) is 11.9 Å². The van der Waals surface area contributed by atoms with Crippen molar-refractivity contribution < 1.29 is 18.7 Å². The monoisotopic (exact) mass is 442 g/mol. The van der Waals surface area contributed by atoms with Gasteiger partial charge < -0.3 is 9.47 Å². The summed E-state index contributed by atoms with van der Waals surface area (Å²) in [7, 11) is 0. The van der Waals surface area contributed by atoms with Crippen LogP contribution >= 0.6 is 11.3 Å². The summed E-state index contributed by atoms with van der Waals surface area (Å²) in [5.41, 5.74) is 1.24. The van der Waals surface area contributed by atoms with E-state index in [1.54, 1.807) is 23.1 Å². The fraction of sp³-hybridized carbons (Fsp3) is 0.417. The molecule has 0 saturated carbocycles. The zero-order valence-corrected chi connectivity index (χ0v) is 18.5. The van der Waals surface area contributed by atoms with Crippen molar-refractivity contribution in [2.75, 3.05) is 24.7 Å². The van der Waals surface area contributed by atoms with Gasteiger partial charge in [0.2, 0.25) is 0 Å². The first-order chi connectivity index (χ1) is 15.1. The molecule has 7 heteroatoms. The quantitative estimate of drug-likeness (QED) is 0.391. The minimum Gasteiger partial charge on any atom is -0.494 e. The molecule has 2 aromatic carbocycles. The number of unbranched alkanes of at least 4 members (excludes halogenated alkanes) is 2. The van der Waals surface area contributed by atoms with Crippen LogP contribution < -0.4 is 9.64 Å². The van der Waals surface area contributed by atoms with E-state index in [9.17, 15) is 9.18 Å². The van der Waals surface area contributed by atoms with Crippen molar-refractivity contribution in [3.63, 3.8) is 0 Å². The molecule has 1 aromatic heterocycles. The van der Waals surface area contributed by atoms with Crippen LogP contribution in [0.4, 0.5) is 9.52 Å². The Morgan fingerprint density at radius 1 is 1.26 bits per heavy atom. The molecule has 31 heavy (non-hydrogen) atoms. The van der Waals surface area contributed by atoms with E-state index in [4.69, 9.17) is 9.47 Å². The van der Waals surface area contributed by atoms with Gasteiger partial charge in [0.15, 0.2) is 5.13 Å². The number of hydrogen-bond acceptors (Lipinski definition) is 5. The zero-order valence-electron chi connectivity index (χ0n) is 17.7. The van der Waals surface area contributed by atoms with Crippen LogP contribution in [0.1, 0.15) is 49.4 Å². The van der Waals surface area contributed by atoms with Gasteiger partial charge in [-0.15, -0.1) is 0 Å². The maximum Gasteiger partial charge on any atom is 0.260 e. The highest BCUT2D eigenvalue weighted by Gasteiger charge is 2.27. The average Bonchev–Trinajstić information content (AvgIpc) is 3.44. The van der Waals surface area contributed by atoms with Crippen molar-refractivity contribution in [2.24, 2.45) is 0 Å². The molecular formula is C24H27FN2O3S. The van der Waals surface area contributed by atoms with Gasteiger partial charge in [-0.3, -0.25) is 9.69 Å². The molecule has 1 aliphatic rings. The number of thiazole rings is 1. The molecule has 164 valence electrons. The number of ether oxygens (including phenoxy) is 2. The van der Waals surface area contributed by atoms with Gasteiger partial charge in [0.05, 0.1) is 29.5 Å². The Bertz CT molecular complexity index is 1020. The van der Waals surface area contributed by atoms with Crippen LogP contribution in [-0.2, 0) is 4.74 Å². The Hall–Kier alpha value is -2.51. The van der Waals surface area contributed by atoms with Gasteiger partial charge in [0.25, 0.3) is 5.91 Å². The third kappa shape index (κ3) is 5.40. The summed E-state index contributed by atoms with van der Waals surface area (Å²) in [6.45, 7) is 3.97. The Morgan fingerprint density at radius 3 is 2.84 bits per heavy atom. The number of aromatic nitrogens is 1. The highest BCUT2D eigenvalue weighted by Crippen LogP contribution is 2.31. The predicted octanol–water partition coefficient (Wildman–Crippen LogP) is 5.83. The number of carbonyl (C=O) groups is 1. The van der Waals surface area contributed by atoms with Gasteiger partial charge in [0.1, 0.15) is 11.6 Å². The molecule has 1 atom stereocenters. The first-order valence-corrected chi connectivity index (χ1v) is 11.7. The molecule has 0 bridgehead atoms. The number of anilines is 1. The maximum absolute atomic E-state index is 13.6. The lowest BCUT2D eigenvalue weighted by Crippen LogP contribution is -2.37. The number of fused-ring (bicyclic) bond motifs is 1. The van der Waals surface area contributed by atoms with Crippen molar-refractivity contribution in [3.05, 3.63) is 53.8 Å². The van der Waals surface area contributed by atoms with Crippen molar-refractivity contribution >= 4 is 32.6 Å². The largest absolute Gasteiger partial charge is 0.494 e. The smallest absolute Gasteiger partial charge is 0.260 e. The molecule has 1 fully saturated rings. The average molecular weight is 443 g/mol. The molecule has 0 spiro atoms. The highest BCUT2D eigenvalue weighted by molar-refractivity contribution is 7.22. The zero-order chi connectivity index (χ0) is 21.6. The van der Waals surface area contributed by atoms with Gasteiger partial charge >= 0.3 is 0 Å². The summed E-state index contributed by atoms with van der Waals surface area (Å²) in [5, 5.41) is 0.556. The molecule has 1 amide bonds. The van der Waals surface area contributed by atoms with Gasteiger partial charge in [-0.25, -0.2) is 9.37 Å². The van der Waals surface area contributed by atoms with E-state index in [0.717, 1.165) is 42.6 Å². The number of benzene rings is 2. The fourth-order valence-electron chi connectivity index (χ4n) is 3.63. The second kappa shape index (κ2) is 10.2. The molecule has 3 aromatic rings. The number of nitrogens with zero attached hydrogens (tertiary/aromatic N) is 2. The van der Waals surface area contributed by atoms with Crippen LogP contribution in [0.5, 0.6) is 5.75 Å². The molecular weight excluding hydrogens is 415 g/mol. The first kappa shape index (κ1) is 21.7. The van der Waals surface area contributed by atoms with E-state index in [-0.39, 0.29) is 17.8 Å². The Labute approximate surface area is 185 Å². The second-order valence-corrected chi connectivity index (χ2v) is 8.75. The standard InChI is InChI=1S/C24H27FN2O3S/c1-2-3-4-13-29-19-10-7-17(8-11-19)23(28)27(16-20-6-5-14-30-20)24-26-21-12-9-18(25)15-22(21)31-24/h7-12,15,20H,2-6,13-14,16H2,1H3. The SMILES string of the molecule is CCCCCOc1ccc(C(=O)N(CC2CCCO2)c2nc3ccc(F)cc3s2)cc1. The Kier molecular flexibility index (Phi) is 7.14. The number of hydrogen-bond donors (Lipinski definition) is 0. The molecule has 1 aliphatic heterocycles. The van der Waals surface area contributed by atoms with Crippen LogP contribution in [0, 0.1) is 5.82 Å². The molecule has 2 heterocycles.